The van der Waals surface area contributed by atoms with Gasteiger partial charge in [-0.05, 0) is 0 Å². The zero-order chi connectivity index (χ0) is 8.69. The molecule has 0 saturated heterocycles. The summed E-state index contributed by atoms with van der Waals surface area (Å²) in [6.07, 6.45) is 3.10. The maximum Gasteiger partial charge on any atom is 0.307 e. The summed E-state index contributed by atoms with van der Waals surface area (Å²) in [5.41, 5.74) is 0. The van der Waals surface area contributed by atoms with E-state index in [-0.39, 0.29) is 12.3 Å². The third kappa shape index (κ3) is 8.68. The largest absolute Gasteiger partial charge is 0.481 e. The Morgan fingerprint density at radius 2 is 2.09 bits per heavy atom. The molecule has 0 atom stereocenters. The van der Waals surface area contributed by atoms with Crippen LogP contribution in [0.3, 0.4) is 0 Å². The first-order valence-electron chi connectivity index (χ1n) is 3.24. The number of hydrogen-bond donors (Lipinski definition) is 2. The molecule has 4 heteroatoms. The molecule has 4 nitrogen and oxygen atoms in total. The molecule has 2 N–H and O–H groups in total. The molecule has 0 aromatic carbocycles. The summed E-state index contributed by atoms with van der Waals surface area (Å²) in [6, 6.07) is 0. The average molecular weight is 157 g/mol. The Labute approximate surface area is 64.9 Å². The number of nitrogens with one attached hydrogen (secondary N) is 1. The van der Waals surface area contributed by atoms with E-state index in [0.29, 0.717) is 6.54 Å². The molecule has 0 fully saturated rings. The van der Waals surface area contributed by atoms with Gasteiger partial charge in [-0.15, -0.1) is 0 Å². The van der Waals surface area contributed by atoms with E-state index >= 15 is 0 Å². The van der Waals surface area contributed by atoms with Crippen molar-refractivity contribution in [2.45, 2.75) is 13.3 Å². The molecule has 0 aromatic rings. The van der Waals surface area contributed by atoms with Gasteiger partial charge in [0, 0.05) is 13.5 Å². The van der Waals surface area contributed by atoms with E-state index < -0.39 is 5.97 Å². The predicted molar refractivity (Wildman–Crippen MR) is 40.1 cm³/mol. The Morgan fingerprint density at radius 3 is 2.55 bits per heavy atom. The van der Waals surface area contributed by atoms with Crippen molar-refractivity contribution in [3.8, 4) is 0 Å². The Hall–Kier alpha value is -1.32. The maximum atomic E-state index is 10.3. The number of carboxylic acid groups (broad SMARTS) is 1. The second kappa shape index (κ2) is 5.46. The Balaban J connectivity index is 3.30. The van der Waals surface area contributed by atoms with Gasteiger partial charge in [-0.3, -0.25) is 9.59 Å². The van der Waals surface area contributed by atoms with Crippen molar-refractivity contribution < 1.29 is 14.7 Å². The average Bonchev–Trinajstić information content (AvgIpc) is 1.85. The van der Waals surface area contributed by atoms with Gasteiger partial charge in [0.05, 0.1) is 6.42 Å². The van der Waals surface area contributed by atoms with Crippen LogP contribution in [0.25, 0.3) is 0 Å². The van der Waals surface area contributed by atoms with Crippen molar-refractivity contribution in [3.63, 3.8) is 0 Å². The van der Waals surface area contributed by atoms with Crippen molar-refractivity contribution in [2.75, 3.05) is 6.54 Å². The molecule has 0 rings (SSSR count). The zero-order valence-corrected chi connectivity index (χ0v) is 6.33. The van der Waals surface area contributed by atoms with Crippen LogP contribution in [0.5, 0.6) is 0 Å². The van der Waals surface area contributed by atoms with Crippen molar-refractivity contribution in [1.29, 1.82) is 0 Å². The van der Waals surface area contributed by atoms with E-state index in [0.717, 1.165) is 0 Å². The van der Waals surface area contributed by atoms with E-state index in [4.69, 9.17) is 5.11 Å². The number of carbonyl (C=O) groups excluding carboxylic acids is 1. The molecule has 0 aliphatic carbocycles. The monoisotopic (exact) mass is 157 g/mol. The Bertz CT molecular complexity index is 175. The van der Waals surface area contributed by atoms with Gasteiger partial charge in [0.15, 0.2) is 0 Å². The van der Waals surface area contributed by atoms with E-state index in [1.807, 2.05) is 0 Å². The Morgan fingerprint density at radius 1 is 1.45 bits per heavy atom. The van der Waals surface area contributed by atoms with Gasteiger partial charge >= 0.3 is 5.97 Å². The van der Waals surface area contributed by atoms with Gasteiger partial charge in [0.1, 0.15) is 0 Å². The summed E-state index contributed by atoms with van der Waals surface area (Å²) < 4.78 is 0. The van der Waals surface area contributed by atoms with Gasteiger partial charge in [-0.2, -0.15) is 0 Å². The molecule has 0 aliphatic rings. The van der Waals surface area contributed by atoms with Crippen LogP contribution in [0.15, 0.2) is 12.2 Å². The fraction of sp³-hybridized carbons (Fsp3) is 0.429. The lowest BCUT2D eigenvalue weighted by Gasteiger charge is -1.92. The molecule has 62 valence electrons. The number of carboxylic acids is 1. The first-order valence-corrected chi connectivity index (χ1v) is 3.24. The predicted octanol–water partition coefficient (Wildman–Crippen LogP) is 0.153. The van der Waals surface area contributed by atoms with Crippen molar-refractivity contribution >= 4 is 11.9 Å². The fourth-order valence-corrected chi connectivity index (χ4v) is 0.470. The molecule has 1 amide bonds. The Kier molecular flexibility index (Phi) is 4.81. The van der Waals surface area contributed by atoms with Gasteiger partial charge in [-0.1, -0.05) is 12.2 Å². The molecule has 0 aromatic heterocycles. The van der Waals surface area contributed by atoms with Crippen LogP contribution in [0, 0.1) is 0 Å². The standard InChI is InChI=1S/C7H11NO3/c1-6(9)8-5-3-2-4-7(10)11/h2-3H,4-5H2,1H3,(H,8,9)(H,10,11)/b3-2+. The van der Waals surface area contributed by atoms with E-state index in [2.05, 4.69) is 5.32 Å². The molecule has 0 unspecified atom stereocenters. The highest BCUT2D eigenvalue weighted by atomic mass is 16.4. The van der Waals surface area contributed by atoms with E-state index in [9.17, 15) is 9.59 Å². The van der Waals surface area contributed by atoms with Gasteiger partial charge in [-0.25, -0.2) is 0 Å². The molecule has 11 heavy (non-hydrogen) atoms. The van der Waals surface area contributed by atoms with E-state index in [1.54, 1.807) is 6.08 Å². The molecule has 0 radical (unpaired) electrons. The van der Waals surface area contributed by atoms with Crippen LogP contribution in [0.2, 0.25) is 0 Å². The summed E-state index contributed by atoms with van der Waals surface area (Å²) in [5, 5.41) is 10.7. The lowest BCUT2D eigenvalue weighted by atomic mass is 10.4. The van der Waals surface area contributed by atoms with Crippen molar-refractivity contribution in [3.05, 3.63) is 12.2 Å². The highest BCUT2D eigenvalue weighted by Gasteiger charge is 1.88. The van der Waals surface area contributed by atoms with Crippen LogP contribution >= 0.6 is 0 Å². The minimum atomic E-state index is -0.871. The zero-order valence-electron chi connectivity index (χ0n) is 6.33. The summed E-state index contributed by atoms with van der Waals surface area (Å²) in [5.74, 6) is -0.992. The second-order valence-electron chi connectivity index (χ2n) is 2.01. The van der Waals surface area contributed by atoms with Crippen LogP contribution < -0.4 is 5.32 Å². The normalized spacial score (nSPS) is 9.91. The van der Waals surface area contributed by atoms with Gasteiger partial charge < -0.3 is 10.4 Å². The van der Waals surface area contributed by atoms with E-state index in [1.165, 1.54) is 13.0 Å². The molecular weight excluding hydrogens is 146 g/mol. The van der Waals surface area contributed by atoms with Crippen LogP contribution in [0.1, 0.15) is 13.3 Å². The lowest BCUT2D eigenvalue weighted by Crippen LogP contribution is -2.19. The lowest BCUT2D eigenvalue weighted by molar-refractivity contribution is -0.136. The summed E-state index contributed by atoms with van der Waals surface area (Å²) in [6.45, 7) is 1.80. The molecule has 0 spiro atoms. The van der Waals surface area contributed by atoms with Crippen molar-refractivity contribution in [2.24, 2.45) is 0 Å². The number of aliphatic carboxylic acids is 1. The van der Waals surface area contributed by atoms with Gasteiger partial charge in [0.2, 0.25) is 5.91 Å². The third-order valence-electron chi connectivity index (χ3n) is 0.928. The molecule has 0 heterocycles. The maximum absolute atomic E-state index is 10.3. The SMILES string of the molecule is CC(=O)NC/C=C/CC(=O)O. The summed E-state index contributed by atoms with van der Waals surface area (Å²) >= 11 is 0. The first-order chi connectivity index (χ1) is 5.13. The molecule has 0 aliphatic heterocycles. The smallest absolute Gasteiger partial charge is 0.307 e. The highest BCUT2D eigenvalue weighted by Crippen LogP contribution is 1.80. The van der Waals surface area contributed by atoms with Gasteiger partial charge in [0.25, 0.3) is 0 Å². The minimum Gasteiger partial charge on any atom is -0.481 e. The number of carbonyl (C=O) groups is 2. The van der Waals surface area contributed by atoms with Crippen LogP contribution in [-0.2, 0) is 9.59 Å². The number of amides is 1. The minimum absolute atomic E-state index is 0.000412. The molecule has 0 bridgehead atoms. The quantitative estimate of drug-likeness (QED) is 0.571. The summed E-state index contributed by atoms with van der Waals surface area (Å²) in [7, 11) is 0. The third-order valence-corrected chi connectivity index (χ3v) is 0.928. The van der Waals surface area contributed by atoms with Crippen molar-refractivity contribution in [1.82, 2.24) is 5.32 Å². The fourth-order valence-electron chi connectivity index (χ4n) is 0.470. The topological polar surface area (TPSA) is 66.4 Å². The van der Waals surface area contributed by atoms with Crippen LogP contribution in [-0.4, -0.2) is 23.5 Å². The van der Waals surface area contributed by atoms with Crippen LogP contribution in [0.4, 0.5) is 0 Å². The summed E-state index contributed by atoms with van der Waals surface area (Å²) in [4.78, 5) is 20.2. The number of hydrogen-bond acceptors (Lipinski definition) is 2. The first kappa shape index (κ1) is 9.68. The number of rotatable bonds is 4. The second-order valence-corrected chi connectivity index (χ2v) is 2.01. The molecular formula is C7H11NO3. The highest BCUT2D eigenvalue weighted by molar-refractivity contribution is 5.73. The molecule has 0 saturated carbocycles.